The number of nitrogens with zero attached hydrogens (tertiary/aromatic N) is 2. The van der Waals surface area contributed by atoms with Gasteiger partial charge in [-0.1, -0.05) is 24.3 Å². The minimum absolute atomic E-state index is 0.287. The first-order valence-corrected chi connectivity index (χ1v) is 8.83. The van der Waals surface area contributed by atoms with Gasteiger partial charge in [0.1, 0.15) is 0 Å². The summed E-state index contributed by atoms with van der Waals surface area (Å²) < 4.78 is 37.8. The molecule has 0 aromatic heterocycles. The van der Waals surface area contributed by atoms with Crippen molar-refractivity contribution in [3.63, 3.8) is 0 Å². The summed E-state index contributed by atoms with van der Waals surface area (Å²) in [6.07, 6.45) is -4.38. The predicted octanol–water partition coefficient (Wildman–Crippen LogP) is 4.36. The molecule has 144 valence electrons. The number of hydrogen-bond donors (Lipinski definition) is 1. The van der Waals surface area contributed by atoms with Gasteiger partial charge in [0.25, 0.3) is 0 Å². The van der Waals surface area contributed by atoms with Crippen LogP contribution in [0.25, 0.3) is 0 Å². The Bertz CT molecular complexity index is 782. The van der Waals surface area contributed by atoms with E-state index in [1.54, 1.807) is 4.90 Å². The van der Waals surface area contributed by atoms with Gasteiger partial charge in [-0.3, -0.25) is 4.90 Å². The molecule has 1 heterocycles. The fourth-order valence-corrected chi connectivity index (χ4v) is 3.08. The number of piperazine rings is 1. The standard InChI is InChI=1S/C20H22F3N3O/c1-15-4-2-3-5-16(15)14-25-10-12-26(13-11-25)19(27)24-18-8-6-17(7-9-18)20(21,22)23/h2-9H,10-14H2,1H3,(H,24,27). The molecular weight excluding hydrogens is 355 g/mol. The van der Waals surface area contributed by atoms with Crippen LogP contribution in [0.15, 0.2) is 48.5 Å². The SMILES string of the molecule is Cc1ccccc1CN1CCN(C(=O)Nc2ccc(C(F)(F)F)cc2)CC1. The molecule has 3 rings (SSSR count). The van der Waals surface area contributed by atoms with Crippen LogP contribution in [0.5, 0.6) is 0 Å². The maximum Gasteiger partial charge on any atom is 0.416 e. The molecule has 0 spiro atoms. The molecule has 0 bridgehead atoms. The average Bonchev–Trinajstić information content (AvgIpc) is 2.64. The Labute approximate surface area is 156 Å². The highest BCUT2D eigenvalue weighted by atomic mass is 19.4. The van der Waals surface area contributed by atoms with Crippen molar-refractivity contribution < 1.29 is 18.0 Å². The summed E-state index contributed by atoms with van der Waals surface area (Å²) in [4.78, 5) is 16.3. The maximum absolute atomic E-state index is 12.6. The molecule has 2 aromatic rings. The van der Waals surface area contributed by atoms with Crippen molar-refractivity contribution in [3.8, 4) is 0 Å². The molecule has 0 radical (unpaired) electrons. The number of rotatable bonds is 3. The maximum atomic E-state index is 12.6. The minimum Gasteiger partial charge on any atom is -0.322 e. The predicted molar refractivity (Wildman–Crippen MR) is 98.5 cm³/mol. The topological polar surface area (TPSA) is 35.6 Å². The molecule has 0 saturated carbocycles. The van der Waals surface area contributed by atoms with E-state index in [2.05, 4.69) is 29.3 Å². The van der Waals surface area contributed by atoms with E-state index in [-0.39, 0.29) is 6.03 Å². The molecule has 0 aliphatic carbocycles. The van der Waals surface area contributed by atoms with Crippen molar-refractivity contribution in [1.29, 1.82) is 0 Å². The monoisotopic (exact) mass is 377 g/mol. The van der Waals surface area contributed by atoms with E-state index in [1.807, 2.05) is 12.1 Å². The molecule has 2 amide bonds. The lowest BCUT2D eigenvalue weighted by atomic mass is 10.1. The van der Waals surface area contributed by atoms with Gasteiger partial charge in [0, 0.05) is 38.4 Å². The first-order valence-electron chi connectivity index (χ1n) is 8.83. The summed E-state index contributed by atoms with van der Waals surface area (Å²) in [6, 6.07) is 12.4. The number of benzene rings is 2. The second-order valence-electron chi connectivity index (χ2n) is 6.69. The fraction of sp³-hybridized carbons (Fsp3) is 0.350. The van der Waals surface area contributed by atoms with Crippen LogP contribution in [-0.2, 0) is 12.7 Å². The molecule has 1 saturated heterocycles. The van der Waals surface area contributed by atoms with Gasteiger partial charge in [-0.25, -0.2) is 4.79 Å². The number of nitrogens with one attached hydrogen (secondary N) is 1. The Kier molecular flexibility index (Phi) is 5.70. The number of amides is 2. The molecule has 4 nitrogen and oxygen atoms in total. The second-order valence-corrected chi connectivity index (χ2v) is 6.69. The molecule has 1 aliphatic rings. The normalized spacial score (nSPS) is 15.6. The van der Waals surface area contributed by atoms with Gasteiger partial charge in [0.05, 0.1) is 5.56 Å². The number of aryl methyl sites for hydroxylation is 1. The van der Waals surface area contributed by atoms with Crippen molar-refractivity contribution >= 4 is 11.7 Å². The van der Waals surface area contributed by atoms with E-state index in [4.69, 9.17) is 0 Å². The van der Waals surface area contributed by atoms with Crippen molar-refractivity contribution in [2.45, 2.75) is 19.6 Å². The summed E-state index contributed by atoms with van der Waals surface area (Å²) in [6.45, 7) is 5.62. The number of carbonyl (C=O) groups excluding carboxylic acids is 1. The second kappa shape index (κ2) is 8.00. The number of carbonyl (C=O) groups is 1. The average molecular weight is 377 g/mol. The fourth-order valence-electron chi connectivity index (χ4n) is 3.08. The quantitative estimate of drug-likeness (QED) is 0.863. The van der Waals surface area contributed by atoms with Crippen molar-refractivity contribution in [1.82, 2.24) is 9.80 Å². The van der Waals surface area contributed by atoms with E-state index >= 15 is 0 Å². The summed E-state index contributed by atoms with van der Waals surface area (Å²) in [5, 5.41) is 2.67. The molecule has 7 heteroatoms. The zero-order valence-electron chi connectivity index (χ0n) is 15.1. The van der Waals surface area contributed by atoms with E-state index in [0.29, 0.717) is 18.8 Å². The minimum atomic E-state index is -4.38. The number of halogens is 3. The largest absolute Gasteiger partial charge is 0.416 e. The summed E-state index contributed by atoms with van der Waals surface area (Å²) in [5.74, 6) is 0. The van der Waals surface area contributed by atoms with Gasteiger partial charge in [-0.2, -0.15) is 13.2 Å². The molecule has 1 N–H and O–H groups in total. The molecule has 0 atom stereocenters. The first kappa shape index (κ1) is 19.2. The van der Waals surface area contributed by atoms with E-state index < -0.39 is 11.7 Å². The Morgan fingerprint density at radius 2 is 1.63 bits per heavy atom. The van der Waals surface area contributed by atoms with Gasteiger partial charge >= 0.3 is 12.2 Å². The van der Waals surface area contributed by atoms with E-state index in [1.165, 1.54) is 23.3 Å². The van der Waals surface area contributed by atoms with Gasteiger partial charge in [-0.05, 0) is 42.3 Å². The Morgan fingerprint density at radius 1 is 1.00 bits per heavy atom. The first-order chi connectivity index (χ1) is 12.8. The number of hydrogen-bond acceptors (Lipinski definition) is 2. The lowest BCUT2D eigenvalue weighted by molar-refractivity contribution is -0.137. The van der Waals surface area contributed by atoms with Crippen LogP contribution in [-0.4, -0.2) is 42.0 Å². The van der Waals surface area contributed by atoms with Crippen LogP contribution >= 0.6 is 0 Å². The van der Waals surface area contributed by atoms with Crippen molar-refractivity contribution in [2.75, 3.05) is 31.5 Å². The van der Waals surface area contributed by atoms with Crippen LogP contribution in [0.2, 0.25) is 0 Å². The van der Waals surface area contributed by atoms with E-state index in [9.17, 15) is 18.0 Å². The lowest BCUT2D eigenvalue weighted by Gasteiger charge is -2.35. The Balaban J connectivity index is 1.50. The lowest BCUT2D eigenvalue weighted by Crippen LogP contribution is -2.49. The zero-order chi connectivity index (χ0) is 19.4. The molecule has 0 unspecified atom stereocenters. The third-order valence-corrected chi connectivity index (χ3v) is 4.78. The van der Waals surface area contributed by atoms with Crippen LogP contribution < -0.4 is 5.32 Å². The van der Waals surface area contributed by atoms with Gasteiger partial charge in [0.15, 0.2) is 0 Å². The summed E-state index contributed by atoms with van der Waals surface area (Å²) >= 11 is 0. The van der Waals surface area contributed by atoms with Crippen LogP contribution in [0.4, 0.5) is 23.7 Å². The number of urea groups is 1. The number of alkyl halides is 3. The van der Waals surface area contributed by atoms with Crippen molar-refractivity contribution in [3.05, 3.63) is 65.2 Å². The highest BCUT2D eigenvalue weighted by Gasteiger charge is 2.30. The highest BCUT2D eigenvalue weighted by Crippen LogP contribution is 2.29. The Hall–Kier alpha value is -2.54. The number of anilines is 1. The molecule has 1 aliphatic heterocycles. The summed E-state index contributed by atoms with van der Waals surface area (Å²) in [5.41, 5.74) is 2.15. The third-order valence-electron chi connectivity index (χ3n) is 4.78. The van der Waals surface area contributed by atoms with Gasteiger partial charge < -0.3 is 10.2 Å². The Morgan fingerprint density at radius 3 is 2.22 bits per heavy atom. The molecule has 1 fully saturated rings. The zero-order valence-corrected chi connectivity index (χ0v) is 15.1. The van der Waals surface area contributed by atoms with Crippen LogP contribution in [0.1, 0.15) is 16.7 Å². The van der Waals surface area contributed by atoms with Crippen LogP contribution in [0, 0.1) is 6.92 Å². The third kappa shape index (κ3) is 5.01. The van der Waals surface area contributed by atoms with Gasteiger partial charge in [-0.15, -0.1) is 0 Å². The molecule has 2 aromatic carbocycles. The highest BCUT2D eigenvalue weighted by molar-refractivity contribution is 5.89. The van der Waals surface area contributed by atoms with Crippen LogP contribution in [0.3, 0.4) is 0 Å². The summed E-state index contributed by atoms with van der Waals surface area (Å²) in [7, 11) is 0. The smallest absolute Gasteiger partial charge is 0.322 e. The molecular formula is C20H22F3N3O. The van der Waals surface area contributed by atoms with Gasteiger partial charge in [0.2, 0.25) is 0 Å². The molecule has 27 heavy (non-hydrogen) atoms. The van der Waals surface area contributed by atoms with Crippen molar-refractivity contribution in [2.24, 2.45) is 0 Å². The van der Waals surface area contributed by atoms with E-state index in [0.717, 1.165) is 31.8 Å².